The van der Waals surface area contributed by atoms with Crippen molar-refractivity contribution in [2.24, 2.45) is 0 Å². The van der Waals surface area contributed by atoms with Crippen LogP contribution in [0.4, 0.5) is 0 Å². The molecule has 1 amide bonds. The number of aromatic nitrogens is 3. The summed E-state index contributed by atoms with van der Waals surface area (Å²) in [4.78, 5) is 23.3. The Morgan fingerprint density at radius 1 is 1.19 bits per heavy atom. The molecule has 1 aromatic heterocycles. The van der Waals surface area contributed by atoms with Gasteiger partial charge in [0.15, 0.2) is 0 Å². The second-order valence-corrected chi connectivity index (χ2v) is 5.80. The van der Waals surface area contributed by atoms with Gasteiger partial charge in [0.1, 0.15) is 12.3 Å². The molecule has 0 atom stereocenters. The molecule has 0 fully saturated rings. The quantitative estimate of drug-likeness (QED) is 0.364. The zero-order valence-corrected chi connectivity index (χ0v) is 15.7. The number of nitrogens with zero attached hydrogens (tertiary/aromatic N) is 3. The number of aryl methyl sites for hydroxylation is 1. The number of ether oxygens (including phenoxy) is 3. The van der Waals surface area contributed by atoms with Gasteiger partial charge >= 0.3 is 5.97 Å². The van der Waals surface area contributed by atoms with Crippen LogP contribution in [0.15, 0.2) is 6.20 Å². The lowest BCUT2D eigenvalue weighted by atomic mass is 10.2. The van der Waals surface area contributed by atoms with Gasteiger partial charge in [-0.05, 0) is 12.8 Å². The van der Waals surface area contributed by atoms with E-state index in [0.717, 1.165) is 19.4 Å². The molecule has 0 saturated carbocycles. The zero-order chi connectivity index (χ0) is 19.0. The second-order valence-electron chi connectivity index (χ2n) is 5.80. The monoisotopic (exact) mass is 370 g/mol. The van der Waals surface area contributed by atoms with Gasteiger partial charge in [0.25, 0.3) is 0 Å². The third-order valence-electron chi connectivity index (χ3n) is 3.49. The van der Waals surface area contributed by atoms with Crippen LogP contribution in [0.1, 0.15) is 44.7 Å². The molecule has 1 N–H and O–H groups in total. The number of esters is 1. The molecule has 0 spiro atoms. The number of hydrogen-bond acceptors (Lipinski definition) is 7. The lowest BCUT2D eigenvalue weighted by Crippen LogP contribution is -2.27. The molecule has 0 saturated heterocycles. The van der Waals surface area contributed by atoms with E-state index in [-0.39, 0.29) is 31.3 Å². The van der Waals surface area contributed by atoms with Crippen LogP contribution in [0.25, 0.3) is 0 Å². The average molecular weight is 370 g/mol. The van der Waals surface area contributed by atoms with E-state index in [0.29, 0.717) is 38.5 Å². The molecule has 0 aromatic carbocycles. The minimum absolute atomic E-state index is 0.105. The summed E-state index contributed by atoms with van der Waals surface area (Å²) >= 11 is 0. The maximum atomic E-state index is 11.7. The maximum Gasteiger partial charge on any atom is 0.306 e. The molecule has 1 heterocycles. The van der Waals surface area contributed by atoms with Crippen LogP contribution >= 0.6 is 0 Å². The van der Waals surface area contributed by atoms with Crippen LogP contribution in [-0.4, -0.2) is 60.3 Å². The first-order valence-corrected chi connectivity index (χ1v) is 9.03. The lowest BCUT2D eigenvalue weighted by Gasteiger charge is -2.06. The van der Waals surface area contributed by atoms with Gasteiger partial charge < -0.3 is 19.5 Å². The molecule has 0 aliphatic rings. The van der Waals surface area contributed by atoms with Gasteiger partial charge in [0.2, 0.25) is 5.91 Å². The predicted octanol–water partition coefficient (Wildman–Crippen LogP) is 1.07. The van der Waals surface area contributed by atoms with Crippen molar-refractivity contribution in [2.75, 3.05) is 33.5 Å². The fourth-order valence-electron chi connectivity index (χ4n) is 2.05. The van der Waals surface area contributed by atoms with Crippen molar-refractivity contribution in [3.63, 3.8) is 0 Å². The highest BCUT2D eigenvalue weighted by atomic mass is 16.5. The Labute approximate surface area is 154 Å². The van der Waals surface area contributed by atoms with E-state index < -0.39 is 0 Å². The standard InChI is InChI=1S/C17H30N4O5/c1-3-4-9-21-13-15(19-20-21)14-26-17(23)7-5-6-16(22)18-8-10-25-12-11-24-2/h13H,3-12,14H2,1-2H3,(H,18,22). The molecule has 0 unspecified atom stereocenters. The van der Waals surface area contributed by atoms with Crippen LogP contribution in [0, 0.1) is 0 Å². The van der Waals surface area contributed by atoms with Gasteiger partial charge in [0, 0.05) is 33.0 Å². The molecule has 1 rings (SSSR count). The third kappa shape index (κ3) is 10.8. The van der Waals surface area contributed by atoms with Crippen molar-refractivity contribution in [2.45, 2.75) is 52.2 Å². The molecule has 9 heteroatoms. The predicted molar refractivity (Wildman–Crippen MR) is 94.3 cm³/mol. The Balaban J connectivity index is 2.03. The summed E-state index contributed by atoms with van der Waals surface area (Å²) in [5, 5.41) is 10.7. The average Bonchev–Trinajstić information content (AvgIpc) is 3.09. The largest absolute Gasteiger partial charge is 0.459 e. The number of unbranched alkanes of at least 4 members (excludes halogenated alkanes) is 1. The highest BCUT2D eigenvalue weighted by molar-refractivity contribution is 5.76. The van der Waals surface area contributed by atoms with Crippen molar-refractivity contribution in [3.05, 3.63) is 11.9 Å². The molecule has 26 heavy (non-hydrogen) atoms. The number of nitrogens with one attached hydrogen (secondary N) is 1. The number of carbonyl (C=O) groups is 2. The van der Waals surface area contributed by atoms with Crippen LogP contribution in [0.2, 0.25) is 0 Å². The molecule has 0 radical (unpaired) electrons. The van der Waals surface area contributed by atoms with Gasteiger partial charge in [-0.25, -0.2) is 0 Å². The molecule has 0 aliphatic carbocycles. The summed E-state index contributed by atoms with van der Waals surface area (Å²) < 4.78 is 17.0. The Kier molecular flexibility index (Phi) is 12.0. The van der Waals surface area contributed by atoms with E-state index in [1.165, 1.54) is 0 Å². The molecular weight excluding hydrogens is 340 g/mol. The molecule has 0 aliphatic heterocycles. The molecule has 1 aromatic rings. The van der Waals surface area contributed by atoms with Gasteiger partial charge in [-0.2, -0.15) is 0 Å². The van der Waals surface area contributed by atoms with E-state index in [1.807, 2.05) is 0 Å². The summed E-state index contributed by atoms with van der Waals surface area (Å²) in [5.41, 5.74) is 0.626. The van der Waals surface area contributed by atoms with E-state index in [4.69, 9.17) is 14.2 Å². The Morgan fingerprint density at radius 3 is 2.81 bits per heavy atom. The van der Waals surface area contributed by atoms with E-state index in [2.05, 4.69) is 22.6 Å². The van der Waals surface area contributed by atoms with Crippen LogP contribution in [0.5, 0.6) is 0 Å². The fraction of sp³-hybridized carbons (Fsp3) is 0.765. The summed E-state index contributed by atoms with van der Waals surface area (Å²) in [7, 11) is 1.60. The van der Waals surface area contributed by atoms with Crippen LogP contribution < -0.4 is 5.32 Å². The summed E-state index contributed by atoms with van der Waals surface area (Å²) in [5.74, 6) is -0.448. The summed E-state index contributed by atoms with van der Waals surface area (Å²) in [6, 6.07) is 0. The first-order valence-electron chi connectivity index (χ1n) is 9.03. The SMILES string of the molecule is CCCCn1cc(COC(=O)CCCC(=O)NCCOCCOC)nn1. The minimum Gasteiger partial charge on any atom is -0.459 e. The Hall–Kier alpha value is -2.00. The minimum atomic E-state index is -0.344. The Bertz CT molecular complexity index is 521. The first kappa shape index (κ1) is 22.0. The number of amides is 1. The van der Waals surface area contributed by atoms with Crippen LogP contribution in [0.3, 0.4) is 0 Å². The lowest BCUT2D eigenvalue weighted by molar-refractivity contribution is -0.145. The maximum absolute atomic E-state index is 11.7. The second kappa shape index (κ2) is 14.2. The normalized spacial score (nSPS) is 10.7. The summed E-state index contributed by atoms with van der Waals surface area (Å²) in [6.45, 7) is 4.95. The van der Waals surface area contributed by atoms with Gasteiger partial charge in [0.05, 0.1) is 26.0 Å². The van der Waals surface area contributed by atoms with E-state index in [1.54, 1.807) is 18.0 Å². The van der Waals surface area contributed by atoms with Crippen molar-refractivity contribution in [1.82, 2.24) is 20.3 Å². The van der Waals surface area contributed by atoms with Crippen LogP contribution in [-0.2, 0) is 37.0 Å². The highest BCUT2D eigenvalue weighted by Crippen LogP contribution is 2.02. The molecular formula is C17H30N4O5. The number of hydrogen-bond donors (Lipinski definition) is 1. The van der Waals surface area contributed by atoms with Crippen molar-refractivity contribution in [1.29, 1.82) is 0 Å². The third-order valence-corrected chi connectivity index (χ3v) is 3.49. The smallest absolute Gasteiger partial charge is 0.306 e. The molecule has 9 nitrogen and oxygen atoms in total. The topological polar surface area (TPSA) is 105 Å². The summed E-state index contributed by atoms with van der Waals surface area (Å²) in [6.07, 6.45) is 4.81. The molecule has 148 valence electrons. The first-order chi connectivity index (χ1) is 12.7. The van der Waals surface area contributed by atoms with Gasteiger partial charge in [-0.15, -0.1) is 5.10 Å². The highest BCUT2D eigenvalue weighted by Gasteiger charge is 2.08. The van der Waals surface area contributed by atoms with Gasteiger partial charge in [-0.3, -0.25) is 14.3 Å². The molecule has 0 bridgehead atoms. The van der Waals surface area contributed by atoms with Crippen molar-refractivity contribution in [3.8, 4) is 0 Å². The van der Waals surface area contributed by atoms with E-state index in [9.17, 15) is 9.59 Å². The fourth-order valence-corrected chi connectivity index (χ4v) is 2.05. The zero-order valence-electron chi connectivity index (χ0n) is 15.7. The van der Waals surface area contributed by atoms with E-state index >= 15 is 0 Å². The number of methoxy groups -OCH3 is 1. The van der Waals surface area contributed by atoms with Crippen molar-refractivity contribution < 1.29 is 23.8 Å². The number of rotatable bonds is 15. The number of carbonyl (C=O) groups excluding carboxylic acids is 2. The van der Waals surface area contributed by atoms with Crippen molar-refractivity contribution >= 4 is 11.9 Å². The van der Waals surface area contributed by atoms with Gasteiger partial charge in [-0.1, -0.05) is 18.6 Å². The Morgan fingerprint density at radius 2 is 2.04 bits per heavy atom.